The Bertz CT molecular complexity index is 2380. The predicted molar refractivity (Wildman–Crippen MR) is 196 cm³/mol. The molecule has 0 fully saturated rings. The number of rotatable bonds is 5. The second-order valence-electron chi connectivity index (χ2n) is 12.7. The summed E-state index contributed by atoms with van der Waals surface area (Å²) in [6.45, 7) is 0.615. The smallest absolute Gasteiger partial charge is 0 e. The summed E-state index contributed by atoms with van der Waals surface area (Å²) in [5, 5.41) is 2.04. The molecule has 0 amide bonds. The maximum Gasteiger partial charge on any atom is 0 e. The minimum atomic E-state index is -2.08. The Labute approximate surface area is 302 Å². The third-order valence-corrected chi connectivity index (χ3v) is 12.5. The molecule has 48 heavy (non-hydrogen) atoms. The van der Waals surface area contributed by atoms with E-state index in [0.717, 1.165) is 62.3 Å². The van der Waals surface area contributed by atoms with Crippen LogP contribution in [0.5, 0.6) is 0 Å². The zero-order valence-electron chi connectivity index (χ0n) is 30.2. The second-order valence-corrected chi connectivity index (χ2v) is 23.3. The molecule has 4 aromatic heterocycles. The molecule has 0 bridgehead atoms. The van der Waals surface area contributed by atoms with Gasteiger partial charge in [-0.15, -0.1) is 18.2 Å². The number of nitrogens with zero attached hydrogens (tertiary/aromatic N) is 4. The first-order valence-corrected chi connectivity index (χ1v) is 23.0. The predicted octanol–water partition coefficient (Wildman–Crippen LogP) is 9.55. The Morgan fingerprint density at radius 3 is 2.38 bits per heavy atom. The van der Waals surface area contributed by atoms with Crippen LogP contribution in [-0.2, 0) is 26.7 Å². The first-order valence-electron chi connectivity index (χ1n) is 17.1. The van der Waals surface area contributed by atoms with E-state index < -0.39 is 20.1 Å². The van der Waals surface area contributed by atoms with Gasteiger partial charge in [0.1, 0.15) is 0 Å². The van der Waals surface area contributed by atoms with Crippen molar-refractivity contribution in [1.82, 2.24) is 19.5 Å². The van der Waals surface area contributed by atoms with E-state index in [1.807, 2.05) is 61.7 Å². The van der Waals surface area contributed by atoms with Gasteiger partial charge in [0.15, 0.2) is 0 Å². The zero-order chi connectivity index (χ0) is 35.0. The number of aromatic nitrogens is 4. The van der Waals surface area contributed by atoms with Crippen LogP contribution < -0.4 is 4.40 Å². The van der Waals surface area contributed by atoms with Gasteiger partial charge in [-0.3, -0.25) is 4.98 Å². The molecule has 8 rings (SSSR count). The molecular formula is C41H36GeIrN4O-2. The van der Waals surface area contributed by atoms with Crippen molar-refractivity contribution in [3.63, 3.8) is 0 Å². The monoisotopic (exact) mass is 870 g/mol. The summed E-state index contributed by atoms with van der Waals surface area (Å²) in [4.78, 5) is 14.0. The van der Waals surface area contributed by atoms with Gasteiger partial charge in [-0.05, 0) is 36.8 Å². The van der Waals surface area contributed by atoms with Crippen LogP contribution in [0, 0.1) is 25.9 Å². The molecule has 0 atom stereocenters. The average molecular weight is 869 g/mol. The SMILES string of the molecule is Cc1ccc2c(n1)oc1c(-c3nc4ccccc4n3Cc3ccccc3)[c-]ccc12.[2H]C([2H])([2H])c1c[c-]c(-c2cc[c]([Ge]([CH3])([CH3])[CH3])cn2)cc1.[Ir]. The number of fused-ring (bicyclic) bond motifs is 4. The third kappa shape index (κ3) is 6.93. The molecule has 0 saturated carbocycles. The van der Waals surface area contributed by atoms with Crippen LogP contribution in [0.3, 0.4) is 0 Å². The largest absolute Gasteiger partial charge is 0 e. The summed E-state index contributed by atoms with van der Waals surface area (Å²) in [5.41, 5.74) is 8.44. The van der Waals surface area contributed by atoms with Gasteiger partial charge in [0, 0.05) is 37.7 Å². The fourth-order valence-electron chi connectivity index (χ4n) is 5.65. The van der Waals surface area contributed by atoms with Crippen molar-refractivity contribution in [1.29, 1.82) is 0 Å². The standard InChI is InChI=1S/C26H18N3O.C15H18GeN.Ir/c1-17-14-15-20-19-10-7-11-21(24(19)30-26(20)27-17)25-28-22-12-5-6-13-23(22)29(25)16-18-8-3-2-4-9-18;1-12-5-7-13(8-6-12)15-10-9-14(11-17-15)16(2,3)4;/h2-10,12-15H,16H2,1H3;5-7,9-11H,1-4H3;/q2*-1;/i;1D3;. The molecule has 0 aliphatic heterocycles. The maximum atomic E-state index is 7.35. The first kappa shape index (κ1) is 29.8. The van der Waals surface area contributed by atoms with Crippen molar-refractivity contribution >= 4 is 50.8 Å². The Hall–Kier alpha value is -4.36. The molecule has 0 unspecified atom stereocenters. The van der Waals surface area contributed by atoms with Gasteiger partial charge in [-0.1, -0.05) is 53.4 Å². The van der Waals surface area contributed by atoms with Crippen molar-refractivity contribution in [3.05, 3.63) is 144 Å². The summed E-state index contributed by atoms with van der Waals surface area (Å²) in [5.74, 6) is 7.83. The van der Waals surface area contributed by atoms with Crippen molar-refractivity contribution in [2.75, 3.05) is 0 Å². The summed E-state index contributed by atoms with van der Waals surface area (Å²) in [6.07, 6.45) is 1.95. The number of imidazole rings is 1. The average Bonchev–Trinajstić information content (AvgIpc) is 3.66. The van der Waals surface area contributed by atoms with Crippen LogP contribution in [0.2, 0.25) is 17.3 Å². The number of pyridine rings is 2. The molecule has 1 radical (unpaired) electrons. The molecule has 5 nitrogen and oxygen atoms in total. The van der Waals surface area contributed by atoms with Gasteiger partial charge in [-0.25, -0.2) is 4.98 Å². The number of furan rings is 1. The quantitative estimate of drug-likeness (QED) is 0.128. The molecule has 4 aromatic carbocycles. The van der Waals surface area contributed by atoms with E-state index in [1.165, 1.54) is 16.0 Å². The maximum absolute atomic E-state index is 7.35. The van der Waals surface area contributed by atoms with Gasteiger partial charge in [0.05, 0.1) is 22.4 Å². The van der Waals surface area contributed by atoms with Crippen molar-refractivity contribution in [2.24, 2.45) is 0 Å². The van der Waals surface area contributed by atoms with Crippen LogP contribution in [0.15, 0.2) is 120 Å². The normalized spacial score (nSPS) is 12.5. The van der Waals surface area contributed by atoms with Gasteiger partial charge in [0.2, 0.25) is 5.71 Å². The van der Waals surface area contributed by atoms with Crippen LogP contribution in [0.4, 0.5) is 0 Å². The molecule has 241 valence electrons. The third-order valence-electron chi connectivity index (χ3n) is 8.22. The molecule has 4 heterocycles. The van der Waals surface area contributed by atoms with E-state index in [2.05, 4.69) is 86.4 Å². The Morgan fingerprint density at radius 1 is 0.833 bits per heavy atom. The van der Waals surface area contributed by atoms with Crippen molar-refractivity contribution < 1.29 is 28.6 Å². The van der Waals surface area contributed by atoms with E-state index in [4.69, 9.17) is 13.5 Å². The molecule has 0 aliphatic rings. The molecule has 7 heteroatoms. The molecule has 0 N–H and O–H groups in total. The first-order chi connectivity index (χ1) is 24.0. The number of benzene rings is 4. The van der Waals surface area contributed by atoms with Gasteiger partial charge >= 0.3 is 110 Å². The summed E-state index contributed by atoms with van der Waals surface area (Å²) >= 11 is -1.83. The van der Waals surface area contributed by atoms with E-state index >= 15 is 0 Å². The van der Waals surface area contributed by atoms with E-state index in [1.54, 1.807) is 12.1 Å². The van der Waals surface area contributed by atoms with Crippen LogP contribution in [0.1, 0.15) is 20.9 Å². The second kappa shape index (κ2) is 14.0. The Morgan fingerprint density at radius 2 is 1.65 bits per heavy atom. The van der Waals surface area contributed by atoms with Gasteiger partial charge in [0.25, 0.3) is 0 Å². The summed E-state index contributed by atoms with van der Waals surface area (Å²) in [7, 11) is 0. The molecule has 0 saturated heterocycles. The molecular weight excluding hydrogens is 829 g/mol. The Balaban J connectivity index is 0.000000188. The summed E-state index contributed by atoms with van der Waals surface area (Å²) in [6, 6.07) is 42.2. The number of para-hydroxylation sites is 2. The van der Waals surface area contributed by atoms with E-state index in [0.29, 0.717) is 11.3 Å². The van der Waals surface area contributed by atoms with Crippen molar-refractivity contribution in [3.8, 4) is 22.6 Å². The number of hydrogen-bond donors (Lipinski definition) is 0. The van der Waals surface area contributed by atoms with Crippen LogP contribution in [-0.4, -0.2) is 32.8 Å². The van der Waals surface area contributed by atoms with Crippen LogP contribution >= 0.6 is 0 Å². The van der Waals surface area contributed by atoms with Gasteiger partial charge < -0.3 is 8.98 Å². The number of aryl methyl sites for hydroxylation is 2. The van der Waals surface area contributed by atoms with Crippen molar-refractivity contribution in [2.45, 2.75) is 37.6 Å². The fraction of sp³-hybridized carbons (Fsp3) is 0.146. The van der Waals surface area contributed by atoms with Crippen LogP contribution in [0.25, 0.3) is 55.7 Å². The molecule has 0 aliphatic carbocycles. The Kier molecular flexibility index (Phi) is 8.69. The van der Waals surface area contributed by atoms with E-state index in [9.17, 15) is 0 Å². The van der Waals surface area contributed by atoms with E-state index in [-0.39, 0.29) is 20.1 Å². The fourth-order valence-corrected chi connectivity index (χ4v) is 7.83. The minimum Gasteiger partial charge on any atom is 0 e. The zero-order valence-corrected chi connectivity index (χ0v) is 31.7. The minimum absolute atomic E-state index is 0. The van der Waals surface area contributed by atoms with Gasteiger partial charge in [-0.2, -0.15) is 0 Å². The summed E-state index contributed by atoms with van der Waals surface area (Å²) < 4.78 is 31.9. The topological polar surface area (TPSA) is 56.7 Å². The number of hydrogen-bond acceptors (Lipinski definition) is 4. The molecule has 0 spiro atoms. The molecule has 8 aromatic rings.